The van der Waals surface area contributed by atoms with Gasteiger partial charge in [0.05, 0.1) is 0 Å². The average Bonchev–Trinajstić information content (AvgIpc) is 2.72. The zero-order chi connectivity index (χ0) is 19.8. The number of hydrogen-bond donors (Lipinski definition) is 1. The summed E-state index contributed by atoms with van der Waals surface area (Å²) in [6.07, 6.45) is 1.47. The molecule has 0 aliphatic carbocycles. The lowest BCUT2D eigenvalue weighted by atomic mass is 10.1. The van der Waals surface area contributed by atoms with Crippen molar-refractivity contribution in [3.05, 3.63) is 101 Å². The number of hydrogen-bond acceptors (Lipinski definition) is 3. The molecular weight excluding hydrogens is 355 g/mol. The van der Waals surface area contributed by atoms with E-state index in [9.17, 15) is 14.4 Å². The smallest absolute Gasteiger partial charge is 0.266 e. The fraction of sp³-hybridized carbons (Fsp3) is 0.0435. The Hall–Kier alpha value is -3.91. The van der Waals surface area contributed by atoms with Crippen LogP contribution in [0.2, 0.25) is 0 Å². The number of nitrogens with zero attached hydrogens (tertiary/aromatic N) is 1. The maximum atomic E-state index is 13.3. The number of para-hydroxylation sites is 2. The maximum Gasteiger partial charge on any atom is 0.266 e. The molecule has 0 spiro atoms. The number of carbonyl (C=O) groups excluding carboxylic acids is 1. The topological polar surface area (TPSA) is 62.1 Å². The summed E-state index contributed by atoms with van der Waals surface area (Å²) in [6.45, 7) is 0.167. The molecule has 0 aliphatic rings. The van der Waals surface area contributed by atoms with Gasteiger partial charge >= 0.3 is 0 Å². The number of benzene rings is 3. The molecule has 0 bridgehead atoms. The van der Waals surface area contributed by atoms with Crippen molar-refractivity contribution in [2.45, 2.75) is 6.61 Å². The predicted molar refractivity (Wildman–Crippen MR) is 106 cm³/mol. The van der Waals surface area contributed by atoms with Gasteiger partial charge in [-0.2, -0.15) is 5.26 Å². The van der Waals surface area contributed by atoms with Gasteiger partial charge in [0.15, 0.2) is 0 Å². The third-order valence-corrected chi connectivity index (χ3v) is 3.90. The molecule has 0 aromatic heterocycles. The second-order valence-electron chi connectivity index (χ2n) is 5.95. The van der Waals surface area contributed by atoms with Crippen molar-refractivity contribution in [3.63, 3.8) is 0 Å². The van der Waals surface area contributed by atoms with Crippen LogP contribution in [0.15, 0.2) is 84.4 Å². The third kappa shape index (κ3) is 5.05. The molecule has 0 fully saturated rings. The number of rotatable bonds is 6. The first kappa shape index (κ1) is 18.9. The zero-order valence-electron chi connectivity index (χ0n) is 14.9. The molecule has 0 radical (unpaired) electrons. The standard InChI is InChI=1S/C23H17FN2O2/c24-20-9-6-7-17(13-20)16-28-22-12-5-4-8-18(22)14-19(15-25)23(27)26-21-10-2-1-3-11-21/h1-14H,16H2,(H,26,27)/b19-14+. The largest absolute Gasteiger partial charge is 0.488 e. The van der Waals surface area contributed by atoms with Crippen molar-refractivity contribution in [3.8, 4) is 11.8 Å². The number of nitriles is 1. The summed E-state index contributed by atoms with van der Waals surface area (Å²) < 4.78 is 19.1. The second-order valence-corrected chi connectivity index (χ2v) is 5.95. The molecule has 0 unspecified atom stereocenters. The molecule has 0 aliphatic heterocycles. The molecule has 0 atom stereocenters. The first-order valence-electron chi connectivity index (χ1n) is 8.60. The van der Waals surface area contributed by atoms with E-state index in [0.717, 1.165) is 0 Å². The number of halogens is 1. The minimum atomic E-state index is -0.506. The van der Waals surface area contributed by atoms with Crippen LogP contribution in [0.1, 0.15) is 11.1 Å². The molecular formula is C23H17FN2O2. The van der Waals surface area contributed by atoms with Gasteiger partial charge in [-0.3, -0.25) is 4.79 Å². The van der Waals surface area contributed by atoms with Crippen LogP contribution in [-0.2, 0) is 11.4 Å². The molecule has 5 heteroatoms. The molecule has 1 amide bonds. The first-order valence-corrected chi connectivity index (χ1v) is 8.60. The van der Waals surface area contributed by atoms with Crippen LogP contribution < -0.4 is 10.1 Å². The van der Waals surface area contributed by atoms with E-state index < -0.39 is 5.91 Å². The summed E-state index contributed by atoms with van der Waals surface area (Å²) in [4.78, 5) is 12.4. The van der Waals surface area contributed by atoms with E-state index in [0.29, 0.717) is 22.6 Å². The van der Waals surface area contributed by atoms with Crippen molar-refractivity contribution in [1.29, 1.82) is 5.26 Å². The fourth-order valence-corrected chi connectivity index (χ4v) is 2.54. The quantitative estimate of drug-likeness (QED) is 0.492. The van der Waals surface area contributed by atoms with Gasteiger partial charge in [0.2, 0.25) is 0 Å². The summed E-state index contributed by atoms with van der Waals surface area (Å²) in [5, 5.41) is 12.1. The lowest BCUT2D eigenvalue weighted by molar-refractivity contribution is -0.112. The number of amides is 1. The van der Waals surface area contributed by atoms with Crippen LogP contribution in [-0.4, -0.2) is 5.91 Å². The van der Waals surface area contributed by atoms with Crippen LogP contribution in [0.3, 0.4) is 0 Å². The van der Waals surface area contributed by atoms with E-state index in [1.165, 1.54) is 18.2 Å². The van der Waals surface area contributed by atoms with Gasteiger partial charge in [-0.05, 0) is 42.0 Å². The predicted octanol–water partition coefficient (Wildman–Crippen LogP) is 4.95. The molecule has 3 rings (SSSR count). The molecule has 3 aromatic carbocycles. The van der Waals surface area contributed by atoms with E-state index in [1.807, 2.05) is 12.1 Å². The molecule has 0 saturated carbocycles. The molecule has 4 nitrogen and oxygen atoms in total. The lowest BCUT2D eigenvalue weighted by Gasteiger charge is -2.10. The first-order chi connectivity index (χ1) is 13.7. The van der Waals surface area contributed by atoms with Gasteiger partial charge in [0.25, 0.3) is 5.91 Å². The fourth-order valence-electron chi connectivity index (χ4n) is 2.54. The maximum absolute atomic E-state index is 13.3. The summed E-state index contributed by atoms with van der Waals surface area (Å²) >= 11 is 0. The van der Waals surface area contributed by atoms with Crippen LogP contribution in [0.25, 0.3) is 6.08 Å². The summed E-state index contributed by atoms with van der Waals surface area (Å²) in [5.74, 6) is -0.348. The summed E-state index contributed by atoms with van der Waals surface area (Å²) in [5.41, 5.74) is 1.81. The van der Waals surface area contributed by atoms with Gasteiger partial charge in [-0.1, -0.05) is 48.5 Å². The molecule has 1 N–H and O–H groups in total. The van der Waals surface area contributed by atoms with E-state index >= 15 is 0 Å². The Balaban J connectivity index is 1.78. The van der Waals surface area contributed by atoms with Gasteiger partial charge in [0, 0.05) is 11.3 Å². The third-order valence-electron chi connectivity index (χ3n) is 3.90. The van der Waals surface area contributed by atoms with E-state index in [4.69, 9.17) is 4.74 Å². The average molecular weight is 372 g/mol. The van der Waals surface area contributed by atoms with Crippen molar-refractivity contribution < 1.29 is 13.9 Å². The number of anilines is 1. The highest BCUT2D eigenvalue weighted by Gasteiger charge is 2.11. The summed E-state index contributed by atoms with van der Waals surface area (Å²) in [7, 11) is 0. The Morgan fingerprint density at radius 1 is 1.04 bits per heavy atom. The van der Waals surface area contributed by atoms with Crippen LogP contribution in [0, 0.1) is 17.1 Å². The van der Waals surface area contributed by atoms with E-state index in [1.54, 1.807) is 60.7 Å². The normalized spacial score (nSPS) is 10.8. The Kier molecular flexibility index (Phi) is 6.17. The van der Waals surface area contributed by atoms with E-state index in [-0.39, 0.29) is 18.0 Å². The molecule has 0 saturated heterocycles. The Labute approximate surface area is 162 Å². The number of carbonyl (C=O) groups is 1. The van der Waals surface area contributed by atoms with Crippen molar-refractivity contribution in [2.24, 2.45) is 0 Å². The number of ether oxygens (including phenoxy) is 1. The lowest BCUT2D eigenvalue weighted by Crippen LogP contribution is -2.13. The highest BCUT2D eigenvalue weighted by atomic mass is 19.1. The van der Waals surface area contributed by atoms with Gasteiger partial charge in [-0.15, -0.1) is 0 Å². The van der Waals surface area contributed by atoms with Crippen LogP contribution >= 0.6 is 0 Å². The highest BCUT2D eigenvalue weighted by Crippen LogP contribution is 2.23. The Bertz CT molecular complexity index is 1040. The molecule has 3 aromatic rings. The van der Waals surface area contributed by atoms with Gasteiger partial charge < -0.3 is 10.1 Å². The number of nitrogens with one attached hydrogen (secondary N) is 1. The highest BCUT2D eigenvalue weighted by molar-refractivity contribution is 6.09. The van der Waals surface area contributed by atoms with Crippen LogP contribution in [0.4, 0.5) is 10.1 Å². The SMILES string of the molecule is N#C/C(=C\c1ccccc1OCc1cccc(F)c1)C(=O)Nc1ccccc1. The van der Waals surface area contributed by atoms with Crippen molar-refractivity contribution in [1.82, 2.24) is 0 Å². The molecule has 0 heterocycles. The van der Waals surface area contributed by atoms with Crippen LogP contribution in [0.5, 0.6) is 5.75 Å². The summed E-state index contributed by atoms with van der Waals surface area (Å²) in [6, 6.07) is 24.0. The molecule has 138 valence electrons. The Morgan fingerprint density at radius 2 is 1.79 bits per heavy atom. The monoisotopic (exact) mass is 372 g/mol. The molecule has 28 heavy (non-hydrogen) atoms. The minimum absolute atomic E-state index is 0.0503. The van der Waals surface area contributed by atoms with E-state index in [2.05, 4.69) is 5.32 Å². The second kappa shape index (κ2) is 9.15. The van der Waals surface area contributed by atoms with Crippen molar-refractivity contribution >= 4 is 17.7 Å². The van der Waals surface area contributed by atoms with Gasteiger partial charge in [0.1, 0.15) is 29.8 Å². The van der Waals surface area contributed by atoms with Crippen molar-refractivity contribution in [2.75, 3.05) is 5.32 Å². The van der Waals surface area contributed by atoms with Gasteiger partial charge in [-0.25, -0.2) is 4.39 Å². The Morgan fingerprint density at radius 3 is 2.54 bits per heavy atom. The minimum Gasteiger partial charge on any atom is -0.488 e. The zero-order valence-corrected chi connectivity index (χ0v) is 14.9.